The third-order valence-corrected chi connectivity index (χ3v) is 8.23. The fourth-order valence-electron chi connectivity index (χ4n) is 5.39. The van der Waals surface area contributed by atoms with E-state index < -0.39 is 6.04 Å². The smallest absolute Gasteiger partial charge is 0.243 e. The Morgan fingerprint density at radius 3 is 2.23 bits per heavy atom. The van der Waals surface area contributed by atoms with Crippen molar-refractivity contribution in [3.8, 4) is 0 Å². The number of carbonyl (C=O) groups excluding carboxylic acids is 2. The number of nitrogens with one attached hydrogen (secondary N) is 1. The molecule has 1 N–H and O–H groups in total. The van der Waals surface area contributed by atoms with Crippen LogP contribution >= 0.6 is 15.9 Å². The molecule has 206 valence electrons. The van der Waals surface area contributed by atoms with Gasteiger partial charge in [-0.3, -0.25) is 9.59 Å². The lowest BCUT2D eigenvalue weighted by molar-refractivity contribution is -0.141. The van der Waals surface area contributed by atoms with Crippen molar-refractivity contribution in [3.63, 3.8) is 0 Å². The van der Waals surface area contributed by atoms with Crippen LogP contribution in [-0.4, -0.2) is 28.8 Å². The average molecular weight is 590 g/mol. The molecule has 1 aliphatic carbocycles. The highest BCUT2D eigenvalue weighted by molar-refractivity contribution is 9.10. The van der Waals surface area contributed by atoms with Gasteiger partial charge in [0.05, 0.1) is 0 Å². The molecule has 0 aliphatic heterocycles. The summed E-state index contributed by atoms with van der Waals surface area (Å²) in [6.45, 7) is 4.76. The maximum atomic E-state index is 13.9. The number of nitrogens with zero attached hydrogens (tertiary/aromatic N) is 1. The summed E-state index contributed by atoms with van der Waals surface area (Å²) in [5, 5.41) is 3.32. The Hall–Kier alpha value is -2.92. The van der Waals surface area contributed by atoms with E-state index in [-0.39, 0.29) is 17.9 Å². The second-order valence-electron chi connectivity index (χ2n) is 11.1. The predicted molar refractivity (Wildman–Crippen MR) is 162 cm³/mol. The molecule has 4 nitrogen and oxygen atoms in total. The van der Waals surface area contributed by atoms with E-state index >= 15 is 0 Å². The zero-order valence-electron chi connectivity index (χ0n) is 23.2. The van der Waals surface area contributed by atoms with E-state index in [0.29, 0.717) is 31.7 Å². The van der Waals surface area contributed by atoms with Crippen molar-refractivity contribution in [1.82, 2.24) is 10.2 Å². The van der Waals surface area contributed by atoms with Crippen LogP contribution in [0.4, 0.5) is 0 Å². The van der Waals surface area contributed by atoms with Gasteiger partial charge in [0.2, 0.25) is 11.8 Å². The highest BCUT2D eigenvalue weighted by Crippen LogP contribution is 2.22. The molecule has 2 amide bonds. The molecule has 1 fully saturated rings. The number of hydrogen-bond acceptors (Lipinski definition) is 2. The molecule has 0 heterocycles. The highest BCUT2D eigenvalue weighted by Gasteiger charge is 2.31. The van der Waals surface area contributed by atoms with Crippen molar-refractivity contribution >= 4 is 27.7 Å². The van der Waals surface area contributed by atoms with Gasteiger partial charge < -0.3 is 10.2 Å². The van der Waals surface area contributed by atoms with Gasteiger partial charge in [-0.25, -0.2) is 0 Å². The van der Waals surface area contributed by atoms with Crippen molar-refractivity contribution in [1.29, 1.82) is 0 Å². The zero-order chi connectivity index (χ0) is 27.6. The molecule has 0 aromatic heterocycles. The van der Waals surface area contributed by atoms with Crippen LogP contribution in [0.1, 0.15) is 80.5 Å². The van der Waals surface area contributed by atoms with E-state index in [1.54, 1.807) is 0 Å². The van der Waals surface area contributed by atoms with E-state index in [9.17, 15) is 9.59 Å². The Kier molecular flexibility index (Phi) is 10.8. The van der Waals surface area contributed by atoms with Gasteiger partial charge in [0.25, 0.3) is 0 Å². The monoisotopic (exact) mass is 588 g/mol. The molecule has 0 saturated heterocycles. The van der Waals surface area contributed by atoms with E-state index in [0.717, 1.165) is 46.8 Å². The Balaban J connectivity index is 1.59. The van der Waals surface area contributed by atoms with Crippen LogP contribution in [0.2, 0.25) is 0 Å². The van der Waals surface area contributed by atoms with Gasteiger partial charge in [-0.15, -0.1) is 0 Å². The minimum atomic E-state index is -0.580. The summed E-state index contributed by atoms with van der Waals surface area (Å²) in [6, 6.07) is 26.2. The number of amides is 2. The molecule has 0 bridgehead atoms. The quantitative estimate of drug-likeness (QED) is 0.251. The molecular weight excluding hydrogens is 548 g/mol. The Morgan fingerprint density at radius 2 is 1.56 bits per heavy atom. The van der Waals surface area contributed by atoms with Crippen LogP contribution in [0.3, 0.4) is 0 Å². The molecule has 1 aliphatic rings. The lowest BCUT2D eigenvalue weighted by Gasteiger charge is -2.33. The fraction of sp³-hybridized carbons (Fsp3) is 0.412. The highest BCUT2D eigenvalue weighted by atomic mass is 79.9. The molecule has 5 heteroatoms. The van der Waals surface area contributed by atoms with Crippen molar-refractivity contribution in [3.05, 3.63) is 106 Å². The first-order chi connectivity index (χ1) is 18.9. The first kappa shape index (κ1) is 29.1. The largest absolute Gasteiger partial charge is 0.352 e. The SMILES string of the molecule is CC(C)c1ccc(CCC(=O)N(Cc2cccc(Br)c2)[C@@H](Cc2ccccc2)C(=O)NC2CCCCC2)cc1. The minimum absolute atomic E-state index is 0.00244. The summed E-state index contributed by atoms with van der Waals surface area (Å²) < 4.78 is 0.962. The molecular formula is C34H41BrN2O2. The predicted octanol–water partition coefficient (Wildman–Crippen LogP) is 7.59. The molecule has 0 radical (unpaired) electrons. The first-order valence-electron chi connectivity index (χ1n) is 14.4. The topological polar surface area (TPSA) is 49.4 Å². The molecule has 39 heavy (non-hydrogen) atoms. The van der Waals surface area contributed by atoms with Crippen molar-refractivity contribution < 1.29 is 9.59 Å². The van der Waals surface area contributed by atoms with Crippen LogP contribution < -0.4 is 5.32 Å². The Bertz CT molecular complexity index is 1200. The van der Waals surface area contributed by atoms with Gasteiger partial charge in [-0.05, 0) is 59.6 Å². The number of benzene rings is 3. The van der Waals surface area contributed by atoms with E-state index in [1.165, 1.54) is 12.0 Å². The van der Waals surface area contributed by atoms with Gasteiger partial charge in [0.15, 0.2) is 0 Å². The summed E-state index contributed by atoms with van der Waals surface area (Å²) in [5.41, 5.74) is 4.49. The van der Waals surface area contributed by atoms with Crippen molar-refractivity contribution in [2.24, 2.45) is 0 Å². The lowest BCUT2D eigenvalue weighted by Crippen LogP contribution is -2.52. The minimum Gasteiger partial charge on any atom is -0.352 e. The van der Waals surface area contributed by atoms with E-state index in [4.69, 9.17) is 0 Å². The fourth-order valence-corrected chi connectivity index (χ4v) is 5.84. The van der Waals surface area contributed by atoms with Crippen LogP contribution in [0.5, 0.6) is 0 Å². The Morgan fingerprint density at radius 1 is 0.872 bits per heavy atom. The number of rotatable bonds is 11. The molecule has 0 spiro atoms. The summed E-state index contributed by atoms with van der Waals surface area (Å²) >= 11 is 3.57. The van der Waals surface area contributed by atoms with E-state index in [1.807, 2.05) is 59.5 Å². The van der Waals surface area contributed by atoms with Crippen LogP contribution in [0, 0.1) is 0 Å². The van der Waals surface area contributed by atoms with Crippen molar-refractivity contribution in [2.45, 2.75) is 89.8 Å². The lowest BCUT2D eigenvalue weighted by atomic mass is 9.94. The zero-order valence-corrected chi connectivity index (χ0v) is 24.8. The molecule has 0 unspecified atom stereocenters. The second-order valence-corrected chi connectivity index (χ2v) is 12.0. The molecule has 1 saturated carbocycles. The summed E-state index contributed by atoms with van der Waals surface area (Å²) in [6.07, 6.45) is 7.03. The summed E-state index contributed by atoms with van der Waals surface area (Å²) in [7, 11) is 0. The third kappa shape index (κ3) is 8.79. The van der Waals surface area contributed by atoms with E-state index in [2.05, 4.69) is 59.4 Å². The number of aryl methyl sites for hydroxylation is 1. The van der Waals surface area contributed by atoms with Gasteiger partial charge in [0.1, 0.15) is 6.04 Å². The molecule has 1 atom stereocenters. The maximum absolute atomic E-state index is 13.9. The van der Waals surface area contributed by atoms with Gasteiger partial charge in [-0.1, -0.05) is 116 Å². The summed E-state index contributed by atoms with van der Waals surface area (Å²) in [4.78, 5) is 29.6. The van der Waals surface area contributed by atoms with Crippen LogP contribution in [0.25, 0.3) is 0 Å². The van der Waals surface area contributed by atoms with Gasteiger partial charge in [-0.2, -0.15) is 0 Å². The number of carbonyl (C=O) groups is 2. The van der Waals surface area contributed by atoms with Crippen molar-refractivity contribution in [2.75, 3.05) is 0 Å². The molecule has 3 aromatic carbocycles. The Labute approximate surface area is 242 Å². The average Bonchev–Trinajstić information content (AvgIpc) is 2.95. The van der Waals surface area contributed by atoms with Gasteiger partial charge in [0, 0.05) is 29.9 Å². The third-order valence-electron chi connectivity index (χ3n) is 7.74. The van der Waals surface area contributed by atoms with Gasteiger partial charge >= 0.3 is 0 Å². The maximum Gasteiger partial charge on any atom is 0.243 e. The normalized spacial score (nSPS) is 14.7. The first-order valence-corrected chi connectivity index (χ1v) is 15.2. The number of hydrogen-bond donors (Lipinski definition) is 1. The molecule has 3 aromatic rings. The molecule has 4 rings (SSSR count). The standard InChI is InChI=1S/C34H41BrN2O2/c1-25(2)29-19-16-26(17-20-29)18-21-33(38)37(24-28-12-9-13-30(35)22-28)32(23-27-10-5-3-6-11-27)34(39)36-31-14-7-4-8-15-31/h3,5-6,9-13,16-17,19-20,22,25,31-32H,4,7-8,14-15,18,21,23-24H2,1-2H3,(H,36,39)/t32-/m0/s1. The van der Waals surface area contributed by atoms with Crippen LogP contribution in [-0.2, 0) is 29.0 Å². The summed E-state index contributed by atoms with van der Waals surface area (Å²) in [5.74, 6) is 0.431. The van der Waals surface area contributed by atoms with Crippen LogP contribution in [0.15, 0.2) is 83.3 Å². The number of halogens is 1. The second kappa shape index (κ2) is 14.5.